The number of anilines is 1. The van der Waals surface area contributed by atoms with E-state index >= 15 is 0 Å². The number of carboxylic acids is 1. The molecule has 0 bridgehead atoms. The SMILES string of the molecule is COc1cc(CCC(=O)O)c(S(=O)(=O)Nc2ncccc2C)cc1OC. The number of aromatic nitrogens is 1. The molecule has 0 aliphatic rings. The number of nitrogens with zero attached hydrogens (tertiary/aromatic N) is 1. The first-order valence-corrected chi connectivity index (χ1v) is 9.18. The topological polar surface area (TPSA) is 115 Å². The maximum absolute atomic E-state index is 12.9. The highest BCUT2D eigenvalue weighted by molar-refractivity contribution is 7.92. The molecule has 0 unspecified atom stereocenters. The van der Waals surface area contributed by atoms with Gasteiger partial charge in [0.05, 0.1) is 19.1 Å². The van der Waals surface area contributed by atoms with Gasteiger partial charge < -0.3 is 14.6 Å². The molecule has 0 radical (unpaired) electrons. The quantitative estimate of drug-likeness (QED) is 0.721. The Balaban J connectivity index is 2.53. The molecule has 8 nitrogen and oxygen atoms in total. The Bertz CT molecular complexity index is 911. The molecule has 2 N–H and O–H groups in total. The number of hydrogen-bond acceptors (Lipinski definition) is 6. The van der Waals surface area contributed by atoms with E-state index in [1.165, 1.54) is 32.5 Å². The van der Waals surface area contributed by atoms with Crippen molar-refractivity contribution >= 4 is 21.8 Å². The van der Waals surface area contributed by atoms with Crippen molar-refractivity contribution < 1.29 is 27.8 Å². The Morgan fingerprint density at radius 1 is 1.23 bits per heavy atom. The summed E-state index contributed by atoms with van der Waals surface area (Å²) in [6, 6.07) is 6.21. The molecule has 1 aromatic heterocycles. The Hall–Kier alpha value is -2.81. The summed E-state index contributed by atoms with van der Waals surface area (Å²) in [4.78, 5) is 14.9. The van der Waals surface area contributed by atoms with Crippen LogP contribution in [-0.2, 0) is 21.2 Å². The largest absolute Gasteiger partial charge is 0.493 e. The van der Waals surface area contributed by atoms with Crippen LogP contribution < -0.4 is 14.2 Å². The summed E-state index contributed by atoms with van der Waals surface area (Å²) in [5, 5.41) is 8.94. The normalized spacial score (nSPS) is 11.0. The number of carboxylic acid groups (broad SMARTS) is 1. The number of hydrogen-bond donors (Lipinski definition) is 2. The third-order valence-corrected chi connectivity index (χ3v) is 5.13. The molecule has 0 fully saturated rings. The van der Waals surface area contributed by atoms with E-state index in [1.54, 1.807) is 19.1 Å². The van der Waals surface area contributed by atoms with E-state index in [4.69, 9.17) is 14.6 Å². The number of ether oxygens (including phenoxy) is 2. The van der Waals surface area contributed by atoms with Gasteiger partial charge >= 0.3 is 5.97 Å². The van der Waals surface area contributed by atoms with Crippen molar-refractivity contribution in [2.45, 2.75) is 24.7 Å². The fourth-order valence-electron chi connectivity index (χ4n) is 2.36. The summed E-state index contributed by atoms with van der Waals surface area (Å²) >= 11 is 0. The lowest BCUT2D eigenvalue weighted by Crippen LogP contribution is -2.17. The number of methoxy groups -OCH3 is 2. The third-order valence-electron chi connectivity index (χ3n) is 3.70. The van der Waals surface area contributed by atoms with Crippen molar-refractivity contribution in [3.8, 4) is 11.5 Å². The standard InChI is InChI=1S/C17H20N2O6S/c1-11-5-4-8-18-17(11)19-26(22,23)15-10-14(25-3)13(24-2)9-12(15)6-7-16(20)21/h4-5,8-10H,6-7H2,1-3H3,(H,18,19)(H,20,21). The van der Waals surface area contributed by atoms with Crippen molar-refractivity contribution in [1.29, 1.82) is 0 Å². The van der Waals surface area contributed by atoms with Gasteiger partial charge in [-0.3, -0.25) is 9.52 Å². The third kappa shape index (κ3) is 4.42. The molecule has 9 heteroatoms. The van der Waals surface area contributed by atoms with Crippen LogP contribution in [0.3, 0.4) is 0 Å². The Kier molecular flexibility index (Phi) is 6.04. The highest BCUT2D eigenvalue weighted by Gasteiger charge is 2.23. The molecule has 0 aliphatic carbocycles. The van der Waals surface area contributed by atoms with E-state index in [2.05, 4.69) is 9.71 Å². The molecule has 1 heterocycles. The average molecular weight is 380 g/mol. The van der Waals surface area contributed by atoms with Gasteiger partial charge in [-0.15, -0.1) is 0 Å². The summed E-state index contributed by atoms with van der Waals surface area (Å²) in [6.45, 7) is 1.73. The molecule has 0 amide bonds. The van der Waals surface area contributed by atoms with Crippen LogP contribution in [0.2, 0.25) is 0 Å². The maximum atomic E-state index is 12.9. The second-order valence-electron chi connectivity index (χ2n) is 5.48. The first kappa shape index (κ1) is 19.5. The second-order valence-corrected chi connectivity index (χ2v) is 7.13. The van der Waals surface area contributed by atoms with Crippen LogP contribution in [0.5, 0.6) is 11.5 Å². The first-order chi connectivity index (χ1) is 12.3. The minimum atomic E-state index is -4.01. The number of rotatable bonds is 8. The van der Waals surface area contributed by atoms with Gasteiger partial charge in [0.2, 0.25) is 0 Å². The molecule has 26 heavy (non-hydrogen) atoms. The fourth-order valence-corrected chi connectivity index (χ4v) is 3.71. The number of benzene rings is 1. The van der Waals surface area contributed by atoms with Crippen molar-refractivity contribution in [2.75, 3.05) is 18.9 Å². The van der Waals surface area contributed by atoms with Crippen LogP contribution in [0.1, 0.15) is 17.5 Å². The van der Waals surface area contributed by atoms with Crippen LogP contribution in [0.15, 0.2) is 35.4 Å². The Morgan fingerprint density at radius 3 is 2.46 bits per heavy atom. The molecule has 0 spiro atoms. The van der Waals surface area contributed by atoms with Gasteiger partial charge in [-0.1, -0.05) is 6.07 Å². The van der Waals surface area contributed by atoms with E-state index in [9.17, 15) is 13.2 Å². The van der Waals surface area contributed by atoms with E-state index in [1.807, 2.05) is 0 Å². The van der Waals surface area contributed by atoms with Crippen molar-refractivity contribution in [2.24, 2.45) is 0 Å². The average Bonchev–Trinajstić information content (AvgIpc) is 2.60. The van der Waals surface area contributed by atoms with Gasteiger partial charge in [0.15, 0.2) is 11.5 Å². The number of pyridine rings is 1. The molecular formula is C17H20N2O6S. The second kappa shape index (κ2) is 8.05. The zero-order valence-electron chi connectivity index (χ0n) is 14.6. The van der Waals surface area contributed by atoms with Gasteiger partial charge in [-0.2, -0.15) is 0 Å². The molecular weight excluding hydrogens is 360 g/mol. The summed E-state index contributed by atoms with van der Waals surface area (Å²) in [7, 11) is -1.20. The van der Waals surface area contributed by atoms with E-state index < -0.39 is 16.0 Å². The van der Waals surface area contributed by atoms with Crippen molar-refractivity contribution in [3.63, 3.8) is 0 Å². The van der Waals surface area contributed by atoms with Gasteiger partial charge in [-0.25, -0.2) is 13.4 Å². The monoisotopic (exact) mass is 380 g/mol. The smallest absolute Gasteiger partial charge is 0.303 e. The highest BCUT2D eigenvalue weighted by Crippen LogP contribution is 2.34. The summed E-state index contributed by atoms with van der Waals surface area (Å²) in [6.07, 6.45) is 1.28. The van der Waals surface area contributed by atoms with Gasteiger partial charge in [0.25, 0.3) is 10.0 Å². The molecule has 2 aromatic rings. The summed E-state index contributed by atoms with van der Waals surface area (Å²) < 4.78 is 38.6. The van der Waals surface area contributed by atoms with Crippen LogP contribution in [0.4, 0.5) is 5.82 Å². The van der Waals surface area contributed by atoms with Crippen LogP contribution in [0, 0.1) is 6.92 Å². The molecule has 2 rings (SSSR count). The van der Waals surface area contributed by atoms with Crippen LogP contribution >= 0.6 is 0 Å². The van der Waals surface area contributed by atoms with E-state index in [0.29, 0.717) is 16.9 Å². The number of carbonyl (C=O) groups is 1. The first-order valence-electron chi connectivity index (χ1n) is 7.69. The molecule has 140 valence electrons. The minimum absolute atomic E-state index is 0.0210. The maximum Gasteiger partial charge on any atom is 0.303 e. The molecule has 0 aliphatic heterocycles. The number of aryl methyl sites for hydroxylation is 2. The predicted octanol–water partition coefficient (Wildman–Crippen LogP) is 2.23. The Morgan fingerprint density at radius 2 is 1.88 bits per heavy atom. The lowest BCUT2D eigenvalue weighted by Gasteiger charge is -2.16. The summed E-state index contributed by atoms with van der Waals surface area (Å²) in [5.41, 5.74) is 0.967. The van der Waals surface area contributed by atoms with Gasteiger partial charge in [0.1, 0.15) is 5.82 Å². The molecule has 1 aromatic carbocycles. The minimum Gasteiger partial charge on any atom is -0.493 e. The highest BCUT2D eigenvalue weighted by atomic mass is 32.2. The zero-order valence-corrected chi connectivity index (χ0v) is 15.5. The van der Waals surface area contributed by atoms with Crippen LogP contribution in [0.25, 0.3) is 0 Å². The predicted molar refractivity (Wildman–Crippen MR) is 95.3 cm³/mol. The Labute approximate surface area is 151 Å². The zero-order chi connectivity index (χ0) is 19.3. The summed E-state index contributed by atoms with van der Waals surface area (Å²) in [5.74, 6) is -0.284. The number of nitrogens with one attached hydrogen (secondary N) is 1. The van der Waals surface area contributed by atoms with E-state index in [0.717, 1.165) is 0 Å². The van der Waals surface area contributed by atoms with Gasteiger partial charge in [-0.05, 0) is 36.6 Å². The van der Waals surface area contributed by atoms with E-state index in [-0.39, 0.29) is 29.3 Å². The fraction of sp³-hybridized carbons (Fsp3) is 0.294. The number of aliphatic carboxylic acids is 1. The van der Waals surface area contributed by atoms with Crippen molar-refractivity contribution in [3.05, 3.63) is 41.6 Å². The van der Waals surface area contributed by atoms with Gasteiger partial charge in [0, 0.05) is 18.7 Å². The van der Waals surface area contributed by atoms with Crippen molar-refractivity contribution in [1.82, 2.24) is 4.98 Å². The lowest BCUT2D eigenvalue weighted by molar-refractivity contribution is -0.136. The molecule has 0 atom stereocenters. The van der Waals surface area contributed by atoms with Crippen LogP contribution in [-0.4, -0.2) is 38.7 Å². The molecule has 0 saturated carbocycles. The number of sulfonamides is 1. The molecule has 0 saturated heterocycles. The lowest BCUT2D eigenvalue weighted by atomic mass is 10.1.